The second kappa shape index (κ2) is 6.38. The van der Waals surface area contributed by atoms with Crippen molar-refractivity contribution in [3.8, 4) is 0 Å². The maximum atomic E-state index is 11.9. The normalized spacial score (nSPS) is 23.5. The lowest BCUT2D eigenvalue weighted by Crippen LogP contribution is -2.31. The van der Waals surface area contributed by atoms with Crippen molar-refractivity contribution in [2.24, 2.45) is 0 Å². The molecule has 1 amide bonds. The standard InChI is InChI=1S/C11H22N2OS/c1-4-5-10-11(14)13(8-12-10)7-6-9(2)15-3/h9-10,12H,4-8H2,1-3H3. The number of carbonyl (C=O) groups excluding carboxylic acids is 1. The predicted molar refractivity (Wildman–Crippen MR) is 66.0 cm³/mol. The SMILES string of the molecule is CCCC1NCN(CCC(C)SC)C1=O. The Morgan fingerprint density at radius 3 is 3.00 bits per heavy atom. The Morgan fingerprint density at radius 1 is 1.67 bits per heavy atom. The van der Waals surface area contributed by atoms with Crippen LogP contribution in [0.4, 0.5) is 0 Å². The van der Waals surface area contributed by atoms with Crippen molar-refractivity contribution in [1.82, 2.24) is 10.2 Å². The number of amides is 1. The maximum absolute atomic E-state index is 11.9. The molecular weight excluding hydrogens is 208 g/mol. The molecule has 15 heavy (non-hydrogen) atoms. The molecule has 2 atom stereocenters. The molecule has 1 heterocycles. The van der Waals surface area contributed by atoms with Crippen LogP contribution in [0.5, 0.6) is 0 Å². The minimum atomic E-state index is 0.0829. The van der Waals surface area contributed by atoms with E-state index in [9.17, 15) is 4.79 Å². The highest BCUT2D eigenvalue weighted by Crippen LogP contribution is 2.13. The lowest BCUT2D eigenvalue weighted by molar-refractivity contribution is -0.129. The topological polar surface area (TPSA) is 32.3 Å². The smallest absolute Gasteiger partial charge is 0.240 e. The largest absolute Gasteiger partial charge is 0.329 e. The molecule has 0 radical (unpaired) electrons. The number of nitrogens with zero attached hydrogens (tertiary/aromatic N) is 1. The van der Waals surface area contributed by atoms with E-state index in [0.29, 0.717) is 11.2 Å². The highest BCUT2D eigenvalue weighted by Gasteiger charge is 2.29. The maximum Gasteiger partial charge on any atom is 0.240 e. The van der Waals surface area contributed by atoms with Crippen LogP contribution in [0.3, 0.4) is 0 Å². The molecule has 3 nitrogen and oxygen atoms in total. The molecule has 88 valence electrons. The zero-order chi connectivity index (χ0) is 11.3. The van der Waals surface area contributed by atoms with Crippen LogP contribution < -0.4 is 5.32 Å². The number of thioether (sulfide) groups is 1. The number of hydrogen-bond acceptors (Lipinski definition) is 3. The summed E-state index contributed by atoms with van der Waals surface area (Å²) in [5.41, 5.74) is 0. The van der Waals surface area contributed by atoms with Gasteiger partial charge < -0.3 is 4.90 Å². The monoisotopic (exact) mass is 230 g/mol. The average molecular weight is 230 g/mol. The molecule has 0 aromatic carbocycles. The zero-order valence-corrected chi connectivity index (χ0v) is 10.8. The Balaban J connectivity index is 2.29. The summed E-state index contributed by atoms with van der Waals surface area (Å²) in [7, 11) is 0. The number of carbonyl (C=O) groups is 1. The minimum absolute atomic E-state index is 0.0829. The molecule has 0 aromatic heterocycles. The van der Waals surface area contributed by atoms with Gasteiger partial charge in [0.1, 0.15) is 0 Å². The Bertz CT molecular complexity index is 211. The molecule has 0 spiro atoms. The van der Waals surface area contributed by atoms with E-state index in [1.54, 1.807) is 0 Å². The van der Waals surface area contributed by atoms with Gasteiger partial charge in [-0.2, -0.15) is 11.8 Å². The van der Waals surface area contributed by atoms with Crippen LogP contribution in [0, 0.1) is 0 Å². The van der Waals surface area contributed by atoms with Crippen LogP contribution >= 0.6 is 11.8 Å². The van der Waals surface area contributed by atoms with Gasteiger partial charge in [0.25, 0.3) is 0 Å². The second-order valence-corrected chi connectivity index (χ2v) is 5.42. The van der Waals surface area contributed by atoms with Crippen LogP contribution in [0.1, 0.15) is 33.1 Å². The van der Waals surface area contributed by atoms with Crippen LogP contribution in [-0.2, 0) is 4.79 Å². The molecule has 1 fully saturated rings. The Hall–Kier alpha value is -0.220. The summed E-state index contributed by atoms with van der Waals surface area (Å²) >= 11 is 1.86. The number of rotatable bonds is 6. The minimum Gasteiger partial charge on any atom is -0.329 e. The zero-order valence-electron chi connectivity index (χ0n) is 9.95. The molecule has 0 saturated carbocycles. The van der Waals surface area contributed by atoms with E-state index in [1.807, 2.05) is 16.7 Å². The predicted octanol–water partition coefficient (Wildman–Crippen LogP) is 1.69. The Kier molecular flexibility index (Phi) is 5.47. The third-order valence-corrected chi connectivity index (χ3v) is 3.96. The molecule has 0 bridgehead atoms. The fourth-order valence-corrected chi connectivity index (χ4v) is 2.11. The van der Waals surface area contributed by atoms with Gasteiger partial charge in [0.05, 0.1) is 12.7 Å². The van der Waals surface area contributed by atoms with Crippen molar-refractivity contribution in [1.29, 1.82) is 0 Å². The van der Waals surface area contributed by atoms with Crippen molar-refractivity contribution in [3.63, 3.8) is 0 Å². The van der Waals surface area contributed by atoms with Crippen LogP contribution in [0.15, 0.2) is 0 Å². The van der Waals surface area contributed by atoms with Gasteiger partial charge in [-0.05, 0) is 19.1 Å². The molecule has 1 N–H and O–H groups in total. The first-order valence-corrected chi connectivity index (χ1v) is 7.02. The first-order chi connectivity index (χ1) is 7.19. The Labute approximate surface area is 97.0 Å². The molecule has 1 aliphatic heterocycles. The summed E-state index contributed by atoms with van der Waals surface area (Å²) in [6.45, 7) is 5.97. The summed E-state index contributed by atoms with van der Waals surface area (Å²) in [4.78, 5) is 13.8. The van der Waals surface area contributed by atoms with Crippen molar-refractivity contribution in [2.75, 3.05) is 19.5 Å². The summed E-state index contributed by atoms with van der Waals surface area (Å²) in [6.07, 6.45) is 5.24. The number of nitrogens with one attached hydrogen (secondary N) is 1. The van der Waals surface area contributed by atoms with Crippen molar-refractivity contribution in [3.05, 3.63) is 0 Å². The highest BCUT2D eigenvalue weighted by molar-refractivity contribution is 7.99. The van der Waals surface area contributed by atoms with Gasteiger partial charge in [0.15, 0.2) is 0 Å². The van der Waals surface area contributed by atoms with E-state index in [4.69, 9.17) is 0 Å². The molecule has 2 unspecified atom stereocenters. The van der Waals surface area contributed by atoms with Crippen molar-refractivity contribution in [2.45, 2.75) is 44.4 Å². The first kappa shape index (κ1) is 12.8. The molecule has 1 aliphatic rings. The van der Waals surface area contributed by atoms with E-state index in [-0.39, 0.29) is 6.04 Å². The van der Waals surface area contributed by atoms with Crippen molar-refractivity contribution < 1.29 is 4.79 Å². The van der Waals surface area contributed by atoms with Gasteiger partial charge >= 0.3 is 0 Å². The number of hydrogen-bond donors (Lipinski definition) is 1. The van der Waals surface area contributed by atoms with Gasteiger partial charge in [-0.25, -0.2) is 0 Å². The third-order valence-electron chi connectivity index (χ3n) is 2.92. The van der Waals surface area contributed by atoms with Gasteiger partial charge in [-0.1, -0.05) is 20.3 Å². The summed E-state index contributed by atoms with van der Waals surface area (Å²) < 4.78 is 0. The summed E-state index contributed by atoms with van der Waals surface area (Å²) in [5.74, 6) is 0.296. The van der Waals surface area contributed by atoms with Gasteiger partial charge in [-0.15, -0.1) is 0 Å². The summed E-state index contributed by atoms with van der Waals surface area (Å²) in [5, 5.41) is 3.91. The molecule has 4 heteroatoms. The molecular formula is C11H22N2OS. The third kappa shape index (κ3) is 3.68. The lowest BCUT2D eigenvalue weighted by atomic mass is 10.1. The van der Waals surface area contributed by atoms with E-state index >= 15 is 0 Å². The molecule has 0 aromatic rings. The van der Waals surface area contributed by atoms with Crippen LogP contribution in [0.2, 0.25) is 0 Å². The molecule has 1 saturated heterocycles. The van der Waals surface area contributed by atoms with Gasteiger partial charge in [0.2, 0.25) is 5.91 Å². The Morgan fingerprint density at radius 2 is 2.40 bits per heavy atom. The summed E-state index contributed by atoms with van der Waals surface area (Å²) in [6, 6.07) is 0.0829. The van der Waals surface area contributed by atoms with E-state index < -0.39 is 0 Å². The molecule has 0 aliphatic carbocycles. The van der Waals surface area contributed by atoms with Crippen LogP contribution in [-0.4, -0.2) is 41.6 Å². The average Bonchev–Trinajstić information content (AvgIpc) is 2.58. The van der Waals surface area contributed by atoms with Gasteiger partial charge in [-0.3, -0.25) is 10.1 Å². The fraction of sp³-hybridized carbons (Fsp3) is 0.909. The van der Waals surface area contributed by atoms with Crippen LogP contribution in [0.25, 0.3) is 0 Å². The van der Waals surface area contributed by atoms with Crippen molar-refractivity contribution >= 4 is 17.7 Å². The van der Waals surface area contributed by atoms with Gasteiger partial charge in [0, 0.05) is 11.8 Å². The fourth-order valence-electron chi connectivity index (χ4n) is 1.76. The molecule has 1 rings (SSSR count). The first-order valence-electron chi connectivity index (χ1n) is 5.74. The lowest BCUT2D eigenvalue weighted by Gasteiger charge is -2.17. The second-order valence-electron chi connectivity index (χ2n) is 4.14. The highest BCUT2D eigenvalue weighted by atomic mass is 32.2. The van der Waals surface area contributed by atoms with E-state index in [2.05, 4.69) is 25.4 Å². The quantitative estimate of drug-likeness (QED) is 0.753. The van der Waals surface area contributed by atoms with E-state index in [1.165, 1.54) is 0 Å². The van der Waals surface area contributed by atoms with E-state index in [0.717, 1.165) is 32.5 Å².